The van der Waals surface area contributed by atoms with E-state index in [1.54, 1.807) is 0 Å². The Hall–Kier alpha value is -7.04. The summed E-state index contributed by atoms with van der Waals surface area (Å²) in [5, 5.41) is 11.2. The molecule has 4 nitrogen and oxygen atoms in total. The van der Waals surface area contributed by atoms with E-state index >= 15 is 0 Å². The molecule has 4 heteroatoms. The van der Waals surface area contributed by atoms with Crippen LogP contribution in [0.4, 0.5) is 0 Å². The summed E-state index contributed by atoms with van der Waals surface area (Å²) in [6, 6.07) is 61.1. The molecule has 0 aliphatic rings. The molecule has 0 N–H and O–H groups in total. The van der Waals surface area contributed by atoms with Gasteiger partial charge in [-0.2, -0.15) is 0 Å². The van der Waals surface area contributed by atoms with Crippen LogP contribution in [-0.4, -0.2) is 18.9 Å². The van der Waals surface area contributed by atoms with Crippen LogP contribution in [0.3, 0.4) is 0 Å². The topological polar surface area (TPSA) is 35.1 Å². The first-order chi connectivity index (χ1) is 25.8. The molecule has 4 heterocycles. The SMILES string of the molecule is c1ccc(-c2nc(-c3cccc(-n4c5cccc6c7cccc8c9c%10ccccc%10ccc9n(c9cccc4c9c65)c78)c3)nc3ccccc23)cc1. The van der Waals surface area contributed by atoms with Gasteiger partial charge in [-0.3, -0.25) is 0 Å². The maximum Gasteiger partial charge on any atom is 0.160 e. The van der Waals surface area contributed by atoms with Crippen molar-refractivity contribution in [2.45, 2.75) is 0 Å². The van der Waals surface area contributed by atoms with Gasteiger partial charge in [0.05, 0.1) is 38.8 Å². The van der Waals surface area contributed by atoms with Crippen LogP contribution in [0.25, 0.3) is 110 Å². The van der Waals surface area contributed by atoms with E-state index in [1.807, 2.05) is 12.1 Å². The molecule has 0 radical (unpaired) electrons. The first-order valence-corrected chi connectivity index (χ1v) is 17.8. The number of aromatic nitrogens is 4. The quantitative estimate of drug-likeness (QED) is 0.189. The van der Waals surface area contributed by atoms with Crippen LogP contribution in [0, 0.1) is 0 Å². The molecule has 0 spiro atoms. The van der Waals surface area contributed by atoms with E-state index in [2.05, 4.69) is 167 Å². The van der Waals surface area contributed by atoms with Gasteiger partial charge >= 0.3 is 0 Å². The van der Waals surface area contributed by atoms with Crippen molar-refractivity contribution >= 4 is 81.6 Å². The summed E-state index contributed by atoms with van der Waals surface area (Å²) in [6.07, 6.45) is 0. The van der Waals surface area contributed by atoms with Crippen molar-refractivity contribution in [1.82, 2.24) is 18.9 Å². The van der Waals surface area contributed by atoms with E-state index in [9.17, 15) is 0 Å². The Morgan fingerprint density at radius 3 is 1.96 bits per heavy atom. The Morgan fingerprint density at radius 1 is 0.385 bits per heavy atom. The molecule has 0 aliphatic heterocycles. The molecule has 12 aromatic rings. The van der Waals surface area contributed by atoms with E-state index in [-0.39, 0.29) is 0 Å². The molecule has 0 aliphatic carbocycles. The number of fused-ring (bicyclic) bond motifs is 8. The van der Waals surface area contributed by atoms with E-state index in [0.717, 1.165) is 33.4 Å². The van der Waals surface area contributed by atoms with Gasteiger partial charge in [0.25, 0.3) is 0 Å². The highest BCUT2D eigenvalue weighted by Crippen LogP contribution is 2.45. The average molecular weight is 661 g/mol. The van der Waals surface area contributed by atoms with Gasteiger partial charge in [-0.25, -0.2) is 9.97 Å². The third-order valence-corrected chi connectivity index (χ3v) is 11.0. The third kappa shape index (κ3) is 3.65. The van der Waals surface area contributed by atoms with Crippen molar-refractivity contribution < 1.29 is 0 Å². The zero-order valence-electron chi connectivity index (χ0n) is 28.0. The highest BCUT2D eigenvalue weighted by atomic mass is 15.0. The Balaban J connectivity index is 1.18. The Kier molecular flexibility index (Phi) is 5.47. The molecule has 0 unspecified atom stereocenters. The van der Waals surface area contributed by atoms with Crippen molar-refractivity contribution in [1.29, 1.82) is 0 Å². The van der Waals surface area contributed by atoms with Crippen LogP contribution in [0.15, 0.2) is 170 Å². The molecule has 0 amide bonds. The molecule has 8 aromatic carbocycles. The number of benzene rings is 8. The minimum atomic E-state index is 0.713. The maximum atomic E-state index is 5.21. The number of para-hydroxylation sites is 2. The fourth-order valence-corrected chi connectivity index (χ4v) is 8.89. The van der Waals surface area contributed by atoms with Crippen LogP contribution in [0.1, 0.15) is 0 Å². The fourth-order valence-electron chi connectivity index (χ4n) is 8.89. The van der Waals surface area contributed by atoms with E-state index in [4.69, 9.17) is 9.97 Å². The van der Waals surface area contributed by atoms with Gasteiger partial charge in [0.15, 0.2) is 5.82 Å². The van der Waals surface area contributed by atoms with E-state index in [1.165, 1.54) is 70.7 Å². The molecular weight excluding hydrogens is 633 g/mol. The number of hydrogen-bond donors (Lipinski definition) is 0. The molecule has 0 saturated heterocycles. The Morgan fingerprint density at radius 2 is 1.04 bits per heavy atom. The summed E-state index contributed by atoms with van der Waals surface area (Å²) >= 11 is 0. The molecule has 52 heavy (non-hydrogen) atoms. The summed E-state index contributed by atoms with van der Waals surface area (Å²) in [4.78, 5) is 10.3. The van der Waals surface area contributed by atoms with Gasteiger partial charge in [-0.15, -0.1) is 0 Å². The lowest BCUT2D eigenvalue weighted by Gasteiger charge is -2.12. The molecule has 240 valence electrons. The number of nitrogens with zero attached hydrogens (tertiary/aromatic N) is 4. The smallest absolute Gasteiger partial charge is 0.160 e. The predicted octanol–water partition coefficient (Wildman–Crippen LogP) is 12.4. The van der Waals surface area contributed by atoms with E-state index in [0.29, 0.717) is 5.82 Å². The minimum Gasteiger partial charge on any atom is -0.309 e. The van der Waals surface area contributed by atoms with Crippen molar-refractivity contribution in [2.75, 3.05) is 0 Å². The lowest BCUT2D eigenvalue weighted by Crippen LogP contribution is -1.98. The Labute approximate surface area is 297 Å². The largest absolute Gasteiger partial charge is 0.309 e. The molecule has 4 aromatic heterocycles. The normalized spacial score (nSPS) is 12.2. The van der Waals surface area contributed by atoms with Gasteiger partial charge in [0, 0.05) is 49.1 Å². The van der Waals surface area contributed by atoms with Crippen LogP contribution in [-0.2, 0) is 0 Å². The van der Waals surface area contributed by atoms with Crippen LogP contribution in [0.2, 0.25) is 0 Å². The van der Waals surface area contributed by atoms with Crippen molar-refractivity contribution in [3.63, 3.8) is 0 Å². The zero-order chi connectivity index (χ0) is 33.9. The van der Waals surface area contributed by atoms with Crippen LogP contribution in [0.5, 0.6) is 0 Å². The molecule has 0 atom stereocenters. The minimum absolute atomic E-state index is 0.713. The summed E-state index contributed by atoms with van der Waals surface area (Å²) < 4.78 is 4.94. The van der Waals surface area contributed by atoms with Gasteiger partial charge in [0.1, 0.15) is 0 Å². The van der Waals surface area contributed by atoms with Crippen molar-refractivity contribution in [3.05, 3.63) is 170 Å². The summed E-state index contributed by atoms with van der Waals surface area (Å²) in [7, 11) is 0. The highest BCUT2D eigenvalue weighted by Gasteiger charge is 2.23. The first kappa shape index (κ1) is 27.7. The van der Waals surface area contributed by atoms with Crippen LogP contribution >= 0.6 is 0 Å². The molecule has 0 fully saturated rings. The second kappa shape index (κ2) is 10.3. The van der Waals surface area contributed by atoms with Crippen molar-refractivity contribution in [3.8, 4) is 28.3 Å². The number of hydrogen-bond acceptors (Lipinski definition) is 2. The molecule has 0 bridgehead atoms. The molecule has 12 rings (SSSR count). The Bertz CT molecular complexity index is 3410. The monoisotopic (exact) mass is 660 g/mol. The lowest BCUT2D eigenvalue weighted by atomic mass is 10.0. The summed E-state index contributed by atoms with van der Waals surface area (Å²) in [6.45, 7) is 0. The van der Waals surface area contributed by atoms with Gasteiger partial charge < -0.3 is 8.97 Å². The predicted molar refractivity (Wildman–Crippen MR) is 217 cm³/mol. The second-order valence-electron chi connectivity index (χ2n) is 13.8. The summed E-state index contributed by atoms with van der Waals surface area (Å²) in [5.41, 5.74) is 11.1. The lowest BCUT2D eigenvalue weighted by molar-refractivity contribution is 1.17. The fraction of sp³-hybridized carbons (Fsp3) is 0. The van der Waals surface area contributed by atoms with Crippen molar-refractivity contribution in [2.24, 2.45) is 0 Å². The average Bonchev–Trinajstić information content (AvgIpc) is 3.70. The second-order valence-corrected chi connectivity index (χ2v) is 13.8. The number of rotatable bonds is 3. The van der Waals surface area contributed by atoms with Gasteiger partial charge in [0.2, 0.25) is 0 Å². The highest BCUT2D eigenvalue weighted by molar-refractivity contribution is 6.33. The zero-order valence-corrected chi connectivity index (χ0v) is 28.0. The van der Waals surface area contributed by atoms with Gasteiger partial charge in [-0.1, -0.05) is 127 Å². The maximum absolute atomic E-state index is 5.21. The first-order valence-electron chi connectivity index (χ1n) is 17.8. The molecular formula is C48H28N4. The standard InChI is InChI=1S/C48H28N4/c1-2-13-30(14-3-1)46-36-18-6-7-22-38(36)49-48(50-46)31-15-8-16-32(28-31)51-39-23-10-19-34-35-20-9-21-37-43-33-17-5-4-12-29(33)26-27-42(43)52(47(35)37)41-25-11-24-40(51)45(41)44(34)39/h1-28H. The van der Waals surface area contributed by atoms with Crippen LogP contribution < -0.4 is 0 Å². The summed E-state index contributed by atoms with van der Waals surface area (Å²) in [5.74, 6) is 0.713. The van der Waals surface area contributed by atoms with Gasteiger partial charge in [-0.05, 0) is 58.6 Å². The molecule has 0 saturated carbocycles. The third-order valence-electron chi connectivity index (χ3n) is 11.0. The van der Waals surface area contributed by atoms with E-state index < -0.39 is 0 Å².